The molecule has 0 saturated carbocycles. The maximum Gasteiger partial charge on any atom is 0.338 e. The van der Waals surface area contributed by atoms with Gasteiger partial charge in [-0.3, -0.25) is 4.79 Å². The number of ether oxygens (including phenoxy) is 2. The molecule has 0 bridgehead atoms. The Kier molecular flexibility index (Phi) is 16.1. The van der Waals surface area contributed by atoms with Crippen LogP contribution in [0.3, 0.4) is 0 Å². The van der Waals surface area contributed by atoms with Crippen LogP contribution in [0.25, 0.3) is 21.9 Å². The first-order chi connectivity index (χ1) is 24.9. The molecule has 2 aromatic heterocycles. The van der Waals surface area contributed by atoms with Crippen molar-refractivity contribution in [2.24, 2.45) is 20.0 Å². The summed E-state index contributed by atoms with van der Waals surface area (Å²) >= 11 is 0. The van der Waals surface area contributed by atoms with Crippen molar-refractivity contribution in [3.63, 3.8) is 0 Å². The van der Waals surface area contributed by atoms with Gasteiger partial charge in [0, 0.05) is 43.7 Å². The second kappa shape index (κ2) is 19.7. The van der Waals surface area contributed by atoms with Crippen LogP contribution in [0.15, 0.2) is 60.7 Å². The number of hydrogen-bond acceptors (Lipinski definition) is 9. The van der Waals surface area contributed by atoms with Gasteiger partial charge >= 0.3 is 23.9 Å². The number of carboxylic acids is 2. The Morgan fingerprint density at radius 3 is 1.85 bits per heavy atom. The standard InChI is InChI=1S/C13H16N2O2.C13H15NO2.C10H14N2O2.C4H8O2/c1-8(2)12-14-10-7-9(13(16)17-4)5-6-11(10)15(12)3;1-8(2)12-7-10-6-9(13(15)16)4-5-11(10)14(12)3;1-3-14-10(13)7-4-5-9(12-2)8(11)6-7;1-3(2)4(5)6/h5-8H,1-4H3;4-8H,1-3H3,(H,15,16);4-6,12H,3,11H2,1-2H3;3H,1-2H3,(H,5,6). The van der Waals surface area contributed by atoms with Crippen LogP contribution in [0, 0.1) is 5.92 Å². The molecule has 5 N–H and O–H groups in total. The number of carbonyl (C=O) groups is 4. The van der Waals surface area contributed by atoms with E-state index < -0.39 is 11.9 Å². The number of methoxy groups -OCH3 is 1. The Morgan fingerprint density at radius 2 is 1.36 bits per heavy atom. The van der Waals surface area contributed by atoms with E-state index in [0.717, 1.165) is 33.4 Å². The van der Waals surface area contributed by atoms with Crippen molar-refractivity contribution >= 4 is 57.2 Å². The first-order valence-corrected chi connectivity index (χ1v) is 17.2. The lowest BCUT2D eigenvalue weighted by Gasteiger charge is -2.06. The quantitative estimate of drug-likeness (QED) is 0.0904. The summed E-state index contributed by atoms with van der Waals surface area (Å²) in [7, 11) is 7.15. The van der Waals surface area contributed by atoms with Crippen molar-refractivity contribution in [1.82, 2.24) is 14.1 Å². The highest BCUT2D eigenvalue weighted by Gasteiger charge is 2.14. The van der Waals surface area contributed by atoms with Gasteiger partial charge in [0.05, 0.1) is 58.7 Å². The van der Waals surface area contributed by atoms with E-state index in [0.29, 0.717) is 40.8 Å². The molecule has 13 nitrogen and oxygen atoms in total. The number of hydrogen-bond donors (Lipinski definition) is 4. The van der Waals surface area contributed by atoms with Crippen molar-refractivity contribution < 1.29 is 38.9 Å². The largest absolute Gasteiger partial charge is 0.481 e. The number of imidazole rings is 1. The predicted octanol–water partition coefficient (Wildman–Crippen LogP) is 7.70. The Bertz CT molecular complexity index is 2040. The summed E-state index contributed by atoms with van der Waals surface area (Å²) in [5.74, 6) is -0.718. The summed E-state index contributed by atoms with van der Waals surface area (Å²) in [5, 5.41) is 20.8. The number of anilines is 2. The van der Waals surface area contributed by atoms with Crippen LogP contribution in [-0.4, -0.2) is 69.0 Å². The Labute approximate surface area is 310 Å². The molecular weight excluding hydrogens is 678 g/mol. The lowest BCUT2D eigenvalue weighted by molar-refractivity contribution is -0.140. The highest BCUT2D eigenvalue weighted by molar-refractivity contribution is 5.95. The molecule has 286 valence electrons. The van der Waals surface area contributed by atoms with Crippen LogP contribution < -0.4 is 11.1 Å². The van der Waals surface area contributed by atoms with Crippen LogP contribution in [0.1, 0.15) is 103 Å². The number of nitrogens with two attached hydrogens (primary N) is 1. The minimum absolute atomic E-state index is 0.231. The summed E-state index contributed by atoms with van der Waals surface area (Å²) < 4.78 is 13.7. The molecule has 0 spiro atoms. The second-order valence-corrected chi connectivity index (χ2v) is 13.0. The van der Waals surface area contributed by atoms with Gasteiger partial charge in [0.25, 0.3) is 0 Å². The fraction of sp³-hybridized carbons (Fsp3) is 0.375. The maximum atomic E-state index is 11.4. The van der Waals surface area contributed by atoms with Crippen LogP contribution in [0.2, 0.25) is 0 Å². The van der Waals surface area contributed by atoms with Crippen molar-refractivity contribution in [3.05, 3.63) is 88.9 Å². The summed E-state index contributed by atoms with van der Waals surface area (Å²) in [6, 6.07) is 17.8. The molecule has 0 fully saturated rings. The fourth-order valence-electron chi connectivity index (χ4n) is 5.17. The molecular formula is C40H53N5O8. The van der Waals surface area contributed by atoms with Gasteiger partial charge in [-0.1, -0.05) is 41.5 Å². The highest BCUT2D eigenvalue weighted by atomic mass is 16.5. The van der Waals surface area contributed by atoms with E-state index in [9.17, 15) is 19.2 Å². The lowest BCUT2D eigenvalue weighted by Crippen LogP contribution is -2.06. The van der Waals surface area contributed by atoms with E-state index in [1.807, 2.05) is 26.2 Å². The third-order valence-corrected chi connectivity index (χ3v) is 8.10. The van der Waals surface area contributed by atoms with Gasteiger partial charge in [-0.25, -0.2) is 19.4 Å². The number of rotatable bonds is 8. The summed E-state index contributed by atoms with van der Waals surface area (Å²) in [6.45, 7) is 13.9. The van der Waals surface area contributed by atoms with Gasteiger partial charge in [-0.2, -0.15) is 0 Å². The number of nitrogens with one attached hydrogen (secondary N) is 1. The number of carbonyl (C=O) groups excluding carboxylic acids is 2. The van der Waals surface area contributed by atoms with Crippen molar-refractivity contribution in [3.8, 4) is 0 Å². The molecule has 0 atom stereocenters. The van der Waals surface area contributed by atoms with Crippen LogP contribution >= 0.6 is 0 Å². The Morgan fingerprint density at radius 1 is 0.792 bits per heavy atom. The number of esters is 2. The summed E-state index contributed by atoms with van der Waals surface area (Å²) in [5.41, 5.74) is 12.6. The van der Waals surface area contributed by atoms with Crippen LogP contribution in [-0.2, 0) is 28.4 Å². The topological polar surface area (TPSA) is 188 Å². The summed E-state index contributed by atoms with van der Waals surface area (Å²) in [6.07, 6.45) is 0. The van der Waals surface area contributed by atoms with Crippen molar-refractivity contribution in [2.45, 2.75) is 60.3 Å². The molecule has 2 heterocycles. The van der Waals surface area contributed by atoms with Gasteiger partial charge < -0.3 is 39.9 Å². The molecule has 0 aliphatic carbocycles. The number of benzene rings is 3. The number of aliphatic carboxylic acids is 1. The second-order valence-electron chi connectivity index (χ2n) is 13.0. The molecule has 13 heteroatoms. The normalized spacial score (nSPS) is 10.5. The van der Waals surface area contributed by atoms with E-state index in [2.05, 4.69) is 53.2 Å². The van der Waals surface area contributed by atoms with Gasteiger partial charge in [0.15, 0.2) is 0 Å². The molecule has 5 rings (SSSR count). The number of nitrogen functional groups attached to an aromatic ring is 1. The summed E-state index contributed by atoms with van der Waals surface area (Å²) in [4.78, 5) is 47.8. The fourth-order valence-corrected chi connectivity index (χ4v) is 5.17. The third-order valence-electron chi connectivity index (χ3n) is 8.10. The molecule has 53 heavy (non-hydrogen) atoms. The molecule has 0 aliphatic heterocycles. The number of carboxylic acid groups (broad SMARTS) is 2. The number of aromatic nitrogens is 3. The molecule has 3 aromatic carbocycles. The van der Waals surface area contributed by atoms with Crippen LogP contribution in [0.5, 0.6) is 0 Å². The number of nitrogens with zero attached hydrogens (tertiary/aromatic N) is 3. The third kappa shape index (κ3) is 11.6. The van der Waals surface area contributed by atoms with Gasteiger partial charge in [-0.15, -0.1) is 0 Å². The average molecular weight is 732 g/mol. The monoisotopic (exact) mass is 731 g/mol. The molecule has 0 radical (unpaired) electrons. The minimum Gasteiger partial charge on any atom is -0.481 e. The van der Waals surface area contributed by atoms with Crippen molar-refractivity contribution in [2.75, 3.05) is 31.8 Å². The maximum absolute atomic E-state index is 11.4. The Balaban J connectivity index is 0.000000256. The highest BCUT2D eigenvalue weighted by Crippen LogP contribution is 2.25. The van der Waals surface area contributed by atoms with E-state index in [1.54, 1.807) is 70.3 Å². The average Bonchev–Trinajstić information content (AvgIpc) is 3.64. The zero-order valence-electron chi connectivity index (χ0n) is 32.5. The van der Waals surface area contributed by atoms with Gasteiger partial charge in [0.2, 0.25) is 0 Å². The first-order valence-electron chi connectivity index (χ1n) is 17.2. The van der Waals surface area contributed by atoms with Crippen LogP contribution in [0.4, 0.5) is 11.4 Å². The smallest absolute Gasteiger partial charge is 0.338 e. The molecule has 0 aliphatic rings. The lowest BCUT2D eigenvalue weighted by atomic mass is 10.1. The zero-order chi connectivity index (χ0) is 40.2. The number of aryl methyl sites for hydroxylation is 2. The number of aromatic carboxylic acids is 1. The predicted molar refractivity (Wildman–Crippen MR) is 209 cm³/mol. The van der Waals surface area contributed by atoms with E-state index >= 15 is 0 Å². The molecule has 5 aromatic rings. The SMILES string of the molecule is CC(C)C(=O)O.CC(C)c1cc2cc(C(=O)O)ccc2n1C.CCOC(=O)c1ccc(NC)c(N)c1.COC(=O)c1ccc2c(c1)nc(C(C)C)n2C. The zero-order valence-corrected chi connectivity index (χ0v) is 32.5. The van der Waals surface area contributed by atoms with E-state index in [-0.39, 0.29) is 17.9 Å². The number of fused-ring (bicyclic) bond motifs is 2. The Hall–Kier alpha value is -5.85. The molecule has 0 amide bonds. The van der Waals surface area contributed by atoms with Crippen molar-refractivity contribution in [1.29, 1.82) is 0 Å². The van der Waals surface area contributed by atoms with Gasteiger partial charge in [0.1, 0.15) is 5.82 Å². The van der Waals surface area contributed by atoms with E-state index in [4.69, 9.17) is 25.4 Å². The minimum atomic E-state index is -0.878. The van der Waals surface area contributed by atoms with Gasteiger partial charge in [-0.05, 0) is 73.5 Å². The molecule has 0 unspecified atom stereocenters. The molecule has 0 saturated heterocycles. The van der Waals surface area contributed by atoms with E-state index in [1.165, 1.54) is 12.8 Å². The first kappa shape index (κ1) is 43.3.